The summed E-state index contributed by atoms with van der Waals surface area (Å²) in [6, 6.07) is 9.83. The van der Waals surface area contributed by atoms with Gasteiger partial charge in [-0.1, -0.05) is 23.7 Å². The van der Waals surface area contributed by atoms with Crippen molar-refractivity contribution in [2.45, 2.75) is 12.8 Å². The van der Waals surface area contributed by atoms with E-state index in [0.717, 1.165) is 23.3 Å². The number of nitrogens with one attached hydrogen (secondary N) is 1. The van der Waals surface area contributed by atoms with Crippen LogP contribution in [-0.4, -0.2) is 12.5 Å². The summed E-state index contributed by atoms with van der Waals surface area (Å²) in [6.45, 7) is 0.682. The molecule has 0 fully saturated rings. The molecule has 1 N–H and O–H groups in total. The molecule has 0 aliphatic carbocycles. The zero-order valence-corrected chi connectivity index (χ0v) is 11.9. The number of anilines is 1. The van der Waals surface area contributed by atoms with Gasteiger partial charge in [0.1, 0.15) is 11.6 Å². The average molecular weight is 306 g/mol. The molecule has 3 rings (SSSR count). The molecule has 3 nitrogen and oxygen atoms in total. The molecule has 0 unspecified atom stereocenters. The maximum atomic E-state index is 13.6. The summed E-state index contributed by atoms with van der Waals surface area (Å²) in [5, 5.41) is 2.85. The molecular formula is C16H13ClFNO2. The van der Waals surface area contributed by atoms with Gasteiger partial charge in [-0.15, -0.1) is 0 Å². The van der Waals surface area contributed by atoms with Gasteiger partial charge < -0.3 is 10.1 Å². The Balaban J connectivity index is 1.69. The number of carbonyl (C=O) groups is 1. The van der Waals surface area contributed by atoms with Crippen molar-refractivity contribution in [3.8, 4) is 5.75 Å². The van der Waals surface area contributed by atoms with Crippen LogP contribution < -0.4 is 10.1 Å². The lowest BCUT2D eigenvalue weighted by Crippen LogP contribution is -2.15. The van der Waals surface area contributed by atoms with Crippen molar-refractivity contribution in [2.24, 2.45) is 0 Å². The first-order valence-corrected chi connectivity index (χ1v) is 6.99. The summed E-state index contributed by atoms with van der Waals surface area (Å²) in [4.78, 5) is 12.0. The normalized spacial score (nSPS) is 12.7. The molecule has 5 heteroatoms. The Morgan fingerprint density at radius 1 is 1.29 bits per heavy atom. The lowest BCUT2D eigenvalue weighted by Gasteiger charge is -2.07. The molecular weight excluding hydrogens is 293 g/mol. The molecule has 2 aromatic rings. The van der Waals surface area contributed by atoms with Crippen LogP contribution in [0.4, 0.5) is 10.1 Å². The molecule has 0 radical (unpaired) electrons. The zero-order valence-electron chi connectivity index (χ0n) is 11.2. The number of fused-ring (bicyclic) bond motifs is 1. The van der Waals surface area contributed by atoms with Crippen LogP contribution in [0.3, 0.4) is 0 Å². The fourth-order valence-corrected chi connectivity index (χ4v) is 2.48. The van der Waals surface area contributed by atoms with E-state index in [4.69, 9.17) is 16.3 Å². The first-order chi connectivity index (χ1) is 10.1. The van der Waals surface area contributed by atoms with Crippen molar-refractivity contribution < 1.29 is 13.9 Å². The number of benzene rings is 2. The van der Waals surface area contributed by atoms with E-state index in [-0.39, 0.29) is 18.0 Å². The highest BCUT2D eigenvalue weighted by Gasteiger charge is 2.14. The highest BCUT2D eigenvalue weighted by atomic mass is 35.5. The lowest BCUT2D eigenvalue weighted by atomic mass is 10.1. The van der Waals surface area contributed by atoms with Gasteiger partial charge in [0, 0.05) is 11.4 Å². The number of ether oxygens (including phenoxy) is 1. The average Bonchev–Trinajstić information content (AvgIpc) is 2.89. The quantitative estimate of drug-likeness (QED) is 0.941. The third-order valence-corrected chi connectivity index (χ3v) is 3.56. The van der Waals surface area contributed by atoms with Crippen molar-refractivity contribution in [3.05, 3.63) is 58.4 Å². The first kappa shape index (κ1) is 13.9. The molecule has 1 aliphatic heterocycles. The summed E-state index contributed by atoms with van der Waals surface area (Å²) in [7, 11) is 0. The van der Waals surface area contributed by atoms with Crippen molar-refractivity contribution in [1.29, 1.82) is 0 Å². The summed E-state index contributed by atoms with van der Waals surface area (Å²) in [5.41, 5.74) is 2.12. The maximum absolute atomic E-state index is 13.6. The second-order valence-corrected chi connectivity index (χ2v) is 5.33. The van der Waals surface area contributed by atoms with Crippen LogP contribution in [0.2, 0.25) is 5.02 Å². The van der Waals surface area contributed by atoms with E-state index in [1.807, 2.05) is 18.2 Å². The number of carbonyl (C=O) groups excluding carboxylic acids is 1. The van der Waals surface area contributed by atoms with E-state index in [0.29, 0.717) is 11.6 Å². The van der Waals surface area contributed by atoms with Crippen LogP contribution in [0.25, 0.3) is 0 Å². The van der Waals surface area contributed by atoms with Gasteiger partial charge in [0.25, 0.3) is 0 Å². The topological polar surface area (TPSA) is 38.3 Å². The minimum atomic E-state index is -0.543. The largest absolute Gasteiger partial charge is 0.493 e. The van der Waals surface area contributed by atoms with Gasteiger partial charge in [0.05, 0.1) is 18.7 Å². The fourth-order valence-electron chi connectivity index (χ4n) is 2.32. The molecule has 2 aromatic carbocycles. The lowest BCUT2D eigenvalue weighted by molar-refractivity contribution is -0.115. The van der Waals surface area contributed by atoms with Crippen LogP contribution in [0.1, 0.15) is 11.1 Å². The number of amides is 1. The molecule has 1 amide bonds. The Kier molecular flexibility index (Phi) is 3.80. The fraction of sp³-hybridized carbons (Fsp3) is 0.188. The van der Waals surface area contributed by atoms with E-state index >= 15 is 0 Å². The number of halogens is 2. The molecule has 1 aliphatic rings. The van der Waals surface area contributed by atoms with E-state index < -0.39 is 5.82 Å². The Morgan fingerprint density at radius 2 is 2.14 bits per heavy atom. The molecule has 0 atom stereocenters. The third-order valence-electron chi connectivity index (χ3n) is 3.32. The van der Waals surface area contributed by atoms with Crippen LogP contribution in [-0.2, 0) is 17.6 Å². The van der Waals surface area contributed by atoms with E-state index in [1.54, 1.807) is 0 Å². The molecule has 0 bridgehead atoms. The molecule has 0 aromatic heterocycles. The first-order valence-electron chi connectivity index (χ1n) is 6.61. The standard InChI is InChI=1S/C16H13ClFNO2/c17-12-2-3-14(13(18)9-12)19-16(20)8-10-1-4-15-11(7-10)5-6-21-15/h1-4,7,9H,5-6,8H2,(H,19,20). The highest BCUT2D eigenvalue weighted by Crippen LogP contribution is 2.26. The van der Waals surface area contributed by atoms with E-state index in [9.17, 15) is 9.18 Å². The smallest absolute Gasteiger partial charge is 0.228 e. The predicted molar refractivity (Wildman–Crippen MR) is 79.4 cm³/mol. The van der Waals surface area contributed by atoms with Gasteiger partial charge in [0.15, 0.2) is 0 Å². The van der Waals surface area contributed by atoms with Crippen molar-refractivity contribution in [3.63, 3.8) is 0 Å². The van der Waals surface area contributed by atoms with Gasteiger partial charge in [-0.3, -0.25) is 4.79 Å². The molecule has 21 heavy (non-hydrogen) atoms. The van der Waals surface area contributed by atoms with Gasteiger partial charge in [0.2, 0.25) is 5.91 Å². The number of rotatable bonds is 3. The summed E-state index contributed by atoms with van der Waals surface area (Å²) < 4.78 is 19.0. The van der Waals surface area contributed by atoms with E-state index in [1.165, 1.54) is 18.2 Å². The maximum Gasteiger partial charge on any atom is 0.228 e. The summed E-state index contributed by atoms with van der Waals surface area (Å²) in [5.74, 6) is 0.0659. The molecule has 1 heterocycles. The van der Waals surface area contributed by atoms with Crippen LogP contribution in [0.15, 0.2) is 36.4 Å². The minimum Gasteiger partial charge on any atom is -0.493 e. The molecule has 0 saturated carbocycles. The predicted octanol–water partition coefficient (Wildman–Crippen LogP) is 3.60. The third kappa shape index (κ3) is 3.16. The van der Waals surface area contributed by atoms with Crippen LogP contribution in [0, 0.1) is 5.82 Å². The molecule has 0 saturated heterocycles. The molecule has 0 spiro atoms. The van der Waals surface area contributed by atoms with Gasteiger partial charge in [-0.25, -0.2) is 4.39 Å². The number of hydrogen-bond donors (Lipinski definition) is 1. The monoisotopic (exact) mass is 305 g/mol. The Hall–Kier alpha value is -2.07. The summed E-state index contributed by atoms with van der Waals surface area (Å²) >= 11 is 5.67. The van der Waals surface area contributed by atoms with Crippen molar-refractivity contribution >= 4 is 23.2 Å². The van der Waals surface area contributed by atoms with Crippen molar-refractivity contribution in [1.82, 2.24) is 0 Å². The second-order valence-electron chi connectivity index (χ2n) is 4.89. The Bertz CT molecular complexity index is 703. The zero-order chi connectivity index (χ0) is 14.8. The van der Waals surface area contributed by atoms with Crippen LogP contribution in [0.5, 0.6) is 5.75 Å². The SMILES string of the molecule is O=C(Cc1ccc2c(c1)CCO2)Nc1ccc(Cl)cc1F. The van der Waals surface area contributed by atoms with Crippen molar-refractivity contribution in [2.75, 3.05) is 11.9 Å². The second kappa shape index (κ2) is 5.74. The van der Waals surface area contributed by atoms with Crippen LogP contribution >= 0.6 is 11.6 Å². The Labute approximate surface area is 126 Å². The van der Waals surface area contributed by atoms with Gasteiger partial charge in [-0.05, 0) is 35.4 Å². The van der Waals surface area contributed by atoms with Gasteiger partial charge >= 0.3 is 0 Å². The number of hydrogen-bond acceptors (Lipinski definition) is 2. The minimum absolute atomic E-state index is 0.133. The molecule has 108 valence electrons. The summed E-state index contributed by atoms with van der Waals surface area (Å²) in [6.07, 6.45) is 1.05. The van der Waals surface area contributed by atoms with E-state index in [2.05, 4.69) is 5.32 Å². The van der Waals surface area contributed by atoms with Gasteiger partial charge in [-0.2, -0.15) is 0 Å². The Morgan fingerprint density at radius 3 is 2.95 bits per heavy atom. The highest BCUT2D eigenvalue weighted by molar-refractivity contribution is 6.30.